The number of anilines is 2. The Kier molecular flexibility index (Phi) is 4.45. The van der Waals surface area contributed by atoms with Crippen LogP contribution in [-0.4, -0.2) is 24.8 Å². The third-order valence-electron chi connectivity index (χ3n) is 2.62. The van der Waals surface area contributed by atoms with Crippen molar-refractivity contribution in [3.8, 4) is 0 Å². The van der Waals surface area contributed by atoms with Gasteiger partial charge >= 0.3 is 6.18 Å². The molecule has 3 nitrogen and oxygen atoms in total. The maximum Gasteiger partial charge on any atom is 0.418 e. The Balaban J connectivity index is 3.00. The predicted molar refractivity (Wildman–Crippen MR) is 65.4 cm³/mol. The molecule has 1 atom stereocenters. The van der Waals surface area contributed by atoms with Crippen molar-refractivity contribution < 1.29 is 18.3 Å². The van der Waals surface area contributed by atoms with Crippen molar-refractivity contribution in [3.05, 3.63) is 23.8 Å². The minimum atomic E-state index is -4.44. The minimum Gasteiger partial charge on any atom is -0.399 e. The molecule has 1 aromatic rings. The van der Waals surface area contributed by atoms with Crippen LogP contribution in [0.1, 0.15) is 18.9 Å². The fourth-order valence-electron chi connectivity index (χ4n) is 1.61. The summed E-state index contributed by atoms with van der Waals surface area (Å²) in [6, 6.07) is 3.71. The predicted octanol–water partition coefficient (Wildman–Crippen LogP) is 2.49. The number of nitrogen functional groups attached to an aromatic ring is 1. The Morgan fingerprint density at radius 2 is 2.00 bits per heavy atom. The van der Waals surface area contributed by atoms with Crippen LogP contribution in [0.25, 0.3) is 0 Å². The maximum atomic E-state index is 12.9. The summed E-state index contributed by atoms with van der Waals surface area (Å²) in [6.45, 7) is 1.94. The number of alkyl halides is 3. The second-order valence-corrected chi connectivity index (χ2v) is 4.33. The molecule has 0 aliphatic heterocycles. The van der Waals surface area contributed by atoms with Gasteiger partial charge in [-0.05, 0) is 31.5 Å². The van der Waals surface area contributed by atoms with Gasteiger partial charge in [0.25, 0.3) is 0 Å². The number of nitrogens with two attached hydrogens (primary N) is 1. The van der Waals surface area contributed by atoms with Crippen molar-refractivity contribution >= 4 is 11.4 Å². The highest BCUT2D eigenvalue weighted by Gasteiger charge is 2.34. The third kappa shape index (κ3) is 3.80. The molecule has 18 heavy (non-hydrogen) atoms. The number of hydrogen-bond donors (Lipinski definition) is 2. The van der Waals surface area contributed by atoms with E-state index in [4.69, 9.17) is 10.8 Å². The van der Waals surface area contributed by atoms with Crippen molar-refractivity contribution in [1.82, 2.24) is 0 Å². The van der Waals surface area contributed by atoms with Crippen molar-refractivity contribution in [2.24, 2.45) is 0 Å². The first kappa shape index (κ1) is 14.6. The van der Waals surface area contributed by atoms with Gasteiger partial charge in [-0.1, -0.05) is 0 Å². The molecule has 0 bridgehead atoms. The van der Waals surface area contributed by atoms with E-state index in [2.05, 4.69) is 0 Å². The number of benzene rings is 1. The van der Waals surface area contributed by atoms with Gasteiger partial charge in [0.2, 0.25) is 0 Å². The van der Waals surface area contributed by atoms with Crippen LogP contribution in [0.2, 0.25) is 0 Å². The zero-order valence-electron chi connectivity index (χ0n) is 10.3. The third-order valence-corrected chi connectivity index (χ3v) is 2.62. The quantitative estimate of drug-likeness (QED) is 0.820. The molecule has 1 rings (SSSR count). The van der Waals surface area contributed by atoms with Crippen LogP contribution in [-0.2, 0) is 6.18 Å². The van der Waals surface area contributed by atoms with Gasteiger partial charge in [0.15, 0.2) is 0 Å². The molecule has 6 heteroatoms. The Morgan fingerprint density at radius 3 is 2.50 bits per heavy atom. The van der Waals surface area contributed by atoms with E-state index in [0.717, 1.165) is 6.07 Å². The molecule has 1 aromatic carbocycles. The van der Waals surface area contributed by atoms with Gasteiger partial charge in [-0.2, -0.15) is 13.2 Å². The van der Waals surface area contributed by atoms with E-state index < -0.39 is 17.8 Å². The minimum absolute atomic E-state index is 0.0670. The summed E-state index contributed by atoms with van der Waals surface area (Å²) in [4.78, 5) is 1.47. The van der Waals surface area contributed by atoms with E-state index in [1.165, 1.54) is 17.0 Å². The van der Waals surface area contributed by atoms with Crippen molar-refractivity contribution in [1.29, 1.82) is 0 Å². The van der Waals surface area contributed by atoms with Crippen LogP contribution in [0.5, 0.6) is 0 Å². The van der Waals surface area contributed by atoms with Crippen molar-refractivity contribution in [2.75, 3.05) is 24.2 Å². The lowest BCUT2D eigenvalue weighted by Crippen LogP contribution is -2.24. The molecule has 0 fully saturated rings. The Hall–Kier alpha value is -1.43. The lowest BCUT2D eigenvalue weighted by atomic mass is 10.1. The van der Waals surface area contributed by atoms with E-state index >= 15 is 0 Å². The van der Waals surface area contributed by atoms with E-state index in [-0.39, 0.29) is 11.4 Å². The van der Waals surface area contributed by atoms with Crippen LogP contribution in [0.4, 0.5) is 24.5 Å². The molecule has 0 aromatic heterocycles. The van der Waals surface area contributed by atoms with Crippen LogP contribution >= 0.6 is 0 Å². The molecule has 0 aliphatic rings. The van der Waals surface area contributed by atoms with E-state index in [1.54, 1.807) is 14.0 Å². The fraction of sp³-hybridized carbons (Fsp3) is 0.500. The smallest absolute Gasteiger partial charge is 0.399 e. The summed E-state index contributed by atoms with van der Waals surface area (Å²) in [7, 11) is 1.56. The highest BCUT2D eigenvalue weighted by atomic mass is 19.4. The molecule has 0 heterocycles. The molecule has 102 valence electrons. The van der Waals surface area contributed by atoms with Gasteiger partial charge in [0.05, 0.1) is 11.7 Å². The van der Waals surface area contributed by atoms with Gasteiger partial charge in [-0.15, -0.1) is 0 Å². The molecule has 0 spiro atoms. The number of nitrogens with zero attached hydrogens (tertiary/aromatic N) is 1. The van der Waals surface area contributed by atoms with E-state index in [9.17, 15) is 13.2 Å². The second kappa shape index (κ2) is 5.48. The number of aliphatic hydroxyl groups excluding tert-OH is 1. The molecule has 1 unspecified atom stereocenters. The number of aliphatic hydroxyl groups is 1. The highest BCUT2D eigenvalue weighted by Crippen LogP contribution is 2.37. The monoisotopic (exact) mass is 262 g/mol. The van der Waals surface area contributed by atoms with Crippen LogP contribution < -0.4 is 10.6 Å². The first-order valence-corrected chi connectivity index (χ1v) is 5.57. The molecular weight excluding hydrogens is 245 g/mol. The summed E-state index contributed by atoms with van der Waals surface area (Å²) in [5.74, 6) is 0. The number of rotatable bonds is 4. The standard InChI is InChI=1S/C12H17F3N2O/c1-8(18)5-6-17(2)11-4-3-9(16)7-10(11)12(13,14)15/h3-4,7-8,18H,5-6,16H2,1-2H3. The normalized spacial score (nSPS) is 13.4. The number of hydrogen-bond acceptors (Lipinski definition) is 3. The first-order chi connectivity index (χ1) is 8.21. The van der Waals surface area contributed by atoms with Gasteiger partial charge < -0.3 is 15.7 Å². The SMILES string of the molecule is CC(O)CCN(C)c1ccc(N)cc1C(F)(F)F. The highest BCUT2D eigenvalue weighted by molar-refractivity contribution is 5.60. The van der Waals surface area contributed by atoms with Crippen molar-refractivity contribution in [2.45, 2.75) is 25.6 Å². The van der Waals surface area contributed by atoms with Gasteiger partial charge in [-0.3, -0.25) is 0 Å². The lowest BCUT2D eigenvalue weighted by Gasteiger charge is -2.24. The molecule has 0 saturated carbocycles. The molecule has 3 N–H and O–H groups in total. The molecule has 0 aliphatic carbocycles. The Bertz CT molecular complexity index is 405. The van der Waals surface area contributed by atoms with Crippen molar-refractivity contribution in [3.63, 3.8) is 0 Å². The number of halogens is 3. The van der Waals surface area contributed by atoms with E-state index in [0.29, 0.717) is 13.0 Å². The maximum absolute atomic E-state index is 12.9. The average molecular weight is 262 g/mol. The summed E-state index contributed by atoms with van der Waals surface area (Å²) < 4.78 is 38.6. The largest absolute Gasteiger partial charge is 0.418 e. The molecular formula is C12H17F3N2O. The van der Waals surface area contributed by atoms with Crippen LogP contribution in [0.3, 0.4) is 0 Å². The summed E-state index contributed by atoms with van der Waals surface area (Å²) in [5.41, 5.74) is 4.78. The zero-order valence-corrected chi connectivity index (χ0v) is 10.3. The summed E-state index contributed by atoms with van der Waals surface area (Å²) in [6.07, 6.45) is -4.59. The average Bonchev–Trinajstić information content (AvgIpc) is 2.24. The Labute approximate surface area is 104 Å². The van der Waals surface area contributed by atoms with Crippen LogP contribution in [0.15, 0.2) is 18.2 Å². The van der Waals surface area contributed by atoms with Gasteiger partial charge in [0.1, 0.15) is 0 Å². The molecule has 0 saturated heterocycles. The summed E-state index contributed by atoms with van der Waals surface area (Å²) in [5, 5.41) is 9.15. The first-order valence-electron chi connectivity index (χ1n) is 5.57. The fourth-order valence-corrected chi connectivity index (χ4v) is 1.61. The lowest BCUT2D eigenvalue weighted by molar-refractivity contribution is -0.137. The zero-order chi connectivity index (χ0) is 13.9. The van der Waals surface area contributed by atoms with Gasteiger partial charge in [0, 0.05) is 25.0 Å². The molecule has 0 amide bonds. The second-order valence-electron chi connectivity index (χ2n) is 4.33. The Morgan fingerprint density at radius 1 is 1.39 bits per heavy atom. The molecule has 0 radical (unpaired) electrons. The van der Waals surface area contributed by atoms with Gasteiger partial charge in [-0.25, -0.2) is 0 Å². The summed E-state index contributed by atoms with van der Waals surface area (Å²) >= 11 is 0. The topological polar surface area (TPSA) is 49.5 Å². The van der Waals surface area contributed by atoms with Crippen LogP contribution in [0, 0.1) is 0 Å². The van der Waals surface area contributed by atoms with E-state index in [1.807, 2.05) is 0 Å².